The zero-order valence-electron chi connectivity index (χ0n) is 17.2. The number of halogens is 1. The van der Waals surface area contributed by atoms with Crippen LogP contribution in [0.25, 0.3) is 12.0 Å². The van der Waals surface area contributed by atoms with Crippen LogP contribution in [0.4, 0.5) is 11.4 Å². The van der Waals surface area contributed by atoms with Crippen LogP contribution in [0.2, 0.25) is 0 Å². The fraction of sp³-hybridized carbons (Fsp3) is 0.286. The van der Waals surface area contributed by atoms with Gasteiger partial charge in [0.05, 0.1) is 16.8 Å². The van der Waals surface area contributed by atoms with Crippen molar-refractivity contribution in [2.45, 2.75) is 6.92 Å². The summed E-state index contributed by atoms with van der Waals surface area (Å²) in [7, 11) is 0. The number of piperazine rings is 1. The van der Waals surface area contributed by atoms with Crippen molar-refractivity contribution in [1.82, 2.24) is 24.6 Å². The Labute approximate surface area is 186 Å². The molecule has 1 saturated heterocycles. The van der Waals surface area contributed by atoms with Gasteiger partial charge >= 0.3 is 0 Å². The Bertz CT molecular complexity index is 1050. The number of anilines is 1. The molecule has 1 aliphatic heterocycles. The van der Waals surface area contributed by atoms with Gasteiger partial charge in [-0.25, -0.2) is 14.6 Å². The minimum atomic E-state index is -0.349. The summed E-state index contributed by atoms with van der Waals surface area (Å²) >= 11 is 0. The highest BCUT2D eigenvalue weighted by Crippen LogP contribution is 2.22. The first kappa shape index (κ1) is 22.4. The molecule has 9 nitrogen and oxygen atoms in total. The van der Waals surface area contributed by atoms with E-state index in [0.29, 0.717) is 5.95 Å². The number of rotatable bonds is 6. The van der Waals surface area contributed by atoms with Crippen LogP contribution in [0.1, 0.15) is 11.3 Å². The summed E-state index contributed by atoms with van der Waals surface area (Å²) < 4.78 is 1.73. The zero-order chi connectivity index (χ0) is 20.9. The smallest absolute Gasteiger partial charge is 0.271 e. The molecule has 1 aromatic carbocycles. The second-order valence-electron chi connectivity index (χ2n) is 7.11. The van der Waals surface area contributed by atoms with Gasteiger partial charge in [-0.3, -0.25) is 15.0 Å². The molecule has 0 bridgehead atoms. The average molecular weight is 442 g/mol. The van der Waals surface area contributed by atoms with Crippen molar-refractivity contribution in [1.29, 1.82) is 0 Å². The first-order valence-electron chi connectivity index (χ1n) is 9.82. The van der Waals surface area contributed by atoms with Crippen molar-refractivity contribution in [2.75, 3.05) is 37.6 Å². The molecule has 2 aromatic heterocycles. The molecule has 1 aliphatic rings. The maximum Gasteiger partial charge on any atom is 0.271 e. The van der Waals surface area contributed by atoms with Gasteiger partial charge in [0.25, 0.3) is 11.6 Å². The average Bonchev–Trinajstić information content (AvgIpc) is 3.15. The number of aromatic nitrogens is 4. The lowest BCUT2D eigenvalue weighted by molar-refractivity contribution is -0.384. The van der Waals surface area contributed by atoms with Crippen LogP contribution in [-0.4, -0.2) is 62.3 Å². The van der Waals surface area contributed by atoms with E-state index in [-0.39, 0.29) is 23.0 Å². The second-order valence-corrected chi connectivity index (χ2v) is 7.11. The van der Waals surface area contributed by atoms with Gasteiger partial charge in [0.2, 0.25) is 0 Å². The van der Waals surface area contributed by atoms with Crippen LogP contribution in [0.3, 0.4) is 0 Å². The summed E-state index contributed by atoms with van der Waals surface area (Å²) in [6.07, 6.45) is 9.44. The van der Waals surface area contributed by atoms with E-state index in [4.69, 9.17) is 0 Å². The molecule has 3 aromatic rings. The van der Waals surface area contributed by atoms with Crippen LogP contribution in [0.5, 0.6) is 0 Å². The summed E-state index contributed by atoms with van der Waals surface area (Å²) in [5.41, 5.74) is 3.07. The Balaban J connectivity index is 0.00000272. The van der Waals surface area contributed by atoms with Crippen LogP contribution in [0.15, 0.2) is 55.0 Å². The highest BCUT2D eigenvalue weighted by molar-refractivity contribution is 5.85. The molecule has 31 heavy (non-hydrogen) atoms. The lowest BCUT2D eigenvalue weighted by Crippen LogP contribution is -2.46. The lowest BCUT2D eigenvalue weighted by atomic mass is 10.2. The first-order valence-corrected chi connectivity index (χ1v) is 9.82. The van der Waals surface area contributed by atoms with Crippen molar-refractivity contribution in [3.8, 4) is 5.95 Å². The Morgan fingerprint density at radius 3 is 2.58 bits per heavy atom. The molecule has 0 N–H and O–H groups in total. The molecule has 10 heteroatoms. The minimum Gasteiger partial charge on any atom is -0.369 e. The molecular weight excluding hydrogens is 418 g/mol. The van der Waals surface area contributed by atoms with Crippen molar-refractivity contribution in [3.05, 3.63) is 76.4 Å². The normalized spacial score (nSPS) is 14.5. The number of nitrogens with zero attached hydrogens (tertiary/aromatic N) is 7. The van der Waals surface area contributed by atoms with E-state index in [0.717, 1.165) is 49.7 Å². The van der Waals surface area contributed by atoms with Gasteiger partial charge in [-0.1, -0.05) is 18.2 Å². The van der Waals surface area contributed by atoms with Crippen LogP contribution < -0.4 is 4.90 Å². The van der Waals surface area contributed by atoms with Gasteiger partial charge in [-0.2, -0.15) is 5.10 Å². The standard InChI is InChI=1S/C21H23N7O2.ClH/c1-17-18(16-24-27(17)21-22-8-4-9-23-21)5-3-10-25-11-13-26(14-12-25)19-6-2-7-20(15-19)28(29)30;/h2-9,15-16H,10-14H2,1H3;1H. The van der Waals surface area contributed by atoms with Crippen molar-refractivity contribution in [3.63, 3.8) is 0 Å². The number of non-ortho nitro benzene ring substituents is 1. The van der Waals surface area contributed by atoms with E-state index < -0.39 is 0 Å². The topological polar surface area (TPSA) is 93.2 Å². The summed E-state index contributed by atoms with van der Waals surface area (Å²) in [5.74, 6) is 0.562. The van der Waals surface area contributed by atoms with E-state index in [1.807, 2.05) is 19.2 Å². The third-order valence-electron chi connectivity index (χ3n) is 5.23. The molecule has 0 atom stereocenters. The molecule has 4 rings (SSSR count). The maximum atomic E-state index is 11.0. The highest BCUT2D eigenvalue weighted by Gasteiger charge is 2.18. The number of benzene rings is 1. The minimum absolute atomic E-state index is 0. The van der Waals surface area contributed by atoms with E-state index in [1.165, 1.54) is 6.07 Å². The first-order chi connectivity index (χ1) is 14.6. The van der Waals surface area contributed by atoms with Crippen molar-refractivity contribution < 1.29 is 4.92 Å². The van der Waals surface area contributed by atoms with Gasteiger partial charge in [-0.15, -0.1) is 12.4 Å². The third kappa shape index (κ3) is 5.25. The van der Waals surface area contributed by atoms with Gasteiger partial charge < -0.3 is 4.90 Å². The van der Waals surface area contributed by atoms with E-state index in [2.05, 4.69) is 37.0 Å². The summed E-state index contributed by atoms with van der Waals surface area (Å²) in [6.45, 7) is 6.34. The summed E-state index contributed by atoms with van der Waals surface area (Å²) in [6, 6.07) is 8.62. The third-order valence-corrected chi connectivity index (χ3v) is 5.23. The fourth-order valence-electron chi connectivity index (χ4n) is 3.51. The zero-order valence-corrected chi connectivity index (χ0v) is 18.0. The SMILES string of the molecule is Cc1c(C=CCN2CCN(c3cccc([N+](=O)[O-])c3)CC2)cnn1-c1ncccn1.Cl. The van der Waals surface area contributed by atoms with Gasteiger partial charge in [0.15, 0.2) is 0 Å². The summed E-state index contributed by atoms with van der Waals surface area (Å²) in [4.78, 5) is 23.7. The van der Waals surface area contributed by atoms with Crippen molar-refractivity contribution >= 4 is 29.9 Å². The van der Waals surface area contributed by atoms with Gasteiger partial charge in [0.1, 0.15) is 0 Å². The van der Waals surface area contributed by atoms with Crippen molar-refractivity contribution in [2.24, 2.45) is 0 Å². The largest absolute Gasteiger partial charge is 0.369 e. The van der Waals surface area contributed by atoms with Crippen LogP contribution in [-0.2, 0) is 0 Å². The lowest BCUT2D eigenvalue weighted by Gasteiger charge is -2.35. The molecule has 3 heterocycles. The maximum absolute atomic E-state index is 11.0. The summed E-state index contributed by atoms with van der Waals surface area (Å²) in [5, 5.41) is 15.4. The van der Waals surface area contributed by atoms with E-state index in [9.17, 15) is 10.1 Å². The number of nitro benzene ring substituents is 1. The Kier molecular flexibility index (Phi) is 7.32. The number of hydrogen-bond donors (Lipinski definition) is 0. The quantitative estimate of drug-likeness (QED) is 0.428. The predicted molar refractivity (Wildman–Crippen MR) is 122 cm³/mol. The molecule has 0 amide bonds. The molecule has 162 valence electrons. The Morgan fingerprint density at radius 2 is 1.87 bits per heavy atom. The number of hydrogen-bond acceptors (Lipinski definition) is 7. The molecule has 1 fully saturated rings. The van der Waals surface area contributed by atoms with Crippen LogP contribution >= 0.6 is 12.4 Å². The number of nitro groups is 1. The molecule has 0 unspecified atom stereocenters. The fourth-order valence-corrected chi connectivity index (χ4v) is 3.51. The van der Waals surface area contributed by atoms with Crippen LogP contribution in [0, 0.1) is 17.0 Å². The Hall–Kier alpha value is -3.30. The molecule has 0 spiro atoms. The predicted octanol–water partition coefficient (Wildman–Crippen LogP) is 3.14. The van der Waals surface area contributed by atoms with E-state index in [1.54, 1.807) is 35.3 Å². The van der Waals surface area contributed by atoms with E-state index >= 15 is 0 Å². The highest BCUT2D eigenvalue weighted by atomic mass is 35.5. The monoisotopic (exact) mass is 441 g/mol. The molecular formula is C21H24ClN7O2. The van der Waals surface area contributed by atoms with Gasteiger partial charge in [-0.05, 0) is 19.1 Å². The molecule has 0 radical (unpaired) electrons. The van der Waals surface area contributed by atoms with Gasteiger partial charge in [0, 0.05) is 68.5 Å². The second kappa shape index (κ2) is 10.1. The molecule has 0 aliphatic carbocycles. The Morgan fingerprint density at radius 1 is 1.13 bits per heavy atom. The molecule has 0 saturated carbocycles.